The molecule has 1 atom stereocenters. The number of aromatic nitrogens is 1. The number of carboxylic acids is 1. The SMILES string of the molecule is CCCN1CC(=O)N(Cc2c(C)c3ccccc3n2Cc2ccc(C(=O)O)cc2)C(C)C1=O. The third-order valence-electron chi connectivity index (χ3n) is 6.50. The predicted octanol–water partition coefficient (Wildman–Crippen LogP) is 3.67. The Morgan fingerprint density at radius 1 is 1.06 bits per heavy atom. The average Bonchev–Trinajstić information content (AvgIpc) is 3.06. The van der Waals surface area contributed by atoms with Crippen LogP contribution in [-0.2, 0) is 22.7 Å². The number of aryl methyl sites for hydroxylation is 1. The van der Waals surface area contributed by atoms with Crippen LogP contribution < -0.4 is 0 Å². The first-order chi connectivity index (χ1) is 15.8. The van der Waals surface area contributed by atoms with Crippen molar-refractivity contribution in [2.45, 2.75) is 46.3 Å². The molecule has 0 spiro atoms. The zero-order valence-electron chi connectivity index (χ0n) is 19.2. The summed E-state index contributed by atoms with van der Waals surface area (Å²) in [6.07, 6.45) is 0.819. The average molecular weight is 448 g/mol. The maximum absolute atomic E-state index is 13.0. The number of benzene rings is 2. The predicted molar refractivity (Wildman–Crippen MR) is 126 cm³/mol. The minimum absolute atomic E-state index is 0.0129. The fourth-order valence-corrected chi connectivity index (χ4v) is 4.64. The van der Waals surface area contributed by atoms with Gasteiger partial charge in [0, 0.05) is 29.7 Å². The van der Waals surface area contributed by atoms with E-state index in [1.807, 2.05) is 44.2 Å². The highest BCUT2D eigenvalue weighted by molar-refractivity contribution is 5.95. The molecule has 7 heteroatoms. The van der Waals surface area contributed by atoms with E-state index in [4.69, 9.17) is 0 Å². The molecule has 7 nitrogen and oxygen atoms in total. The Kier molecular flexibility index (Phi) is 6.22. The summed E-state index contributed by atoms with van der Waals surface area (Å²) in [6.45, 7) is 7.44. The molecule has 2 amide bonds. The summed E-state index contributed by atoms with van der Waals surface area (Å²) in [5, 5.41) is 10.3. The fraction of sp³-hybridized carbons (Fsp3) is 0.346. The summed E-state index contributed by atoms with van der Waals surface area (Å²) < 4.78 is 2.17. The van der Waals surface area contributed by atoms with Gasteiger partial charge in [-0.2, -0.15) is 0 Å². The van der Waals surface area contributed by atoms with Gasteiger partial charge >= 0.3 is 5.97 Å². The topological polar surface area (TPSA) is 82.8 Å². The Morgan fingerprint density at radius 3 is 2.42 bits per heavy atom. The minimum atomic E-state index is -0.955. The number of carbonyl (C=O) groups is 3. The molecule has 1 N–H and O–H groups in total. The van der Waals surface area contributed by atoms with E-state index in [0.717, 1.165) is 34.1 Å². The van der Waals surface area contributed by atoms with E-state index in [9.17, 15) is 19.5 Å². The van der Waals surface area contributed by atoms with Crippen molar-refractivity contribution < 1.29 is 19.5 Å². The third-order valence-corrected chi connectivity index (χ3v) is 6.50. The molecule has 1 aromatic heterocycles. The lowest BCUT2D eigenvalue weighted by atomic mass is 10.1. The Balaban J connectivity index is 1.70. The Labute approximate surface area is 193 Å². The Hall–Kier alpha value is -3.61. The summed E-state index contributed by atoms with van der Waals surface area (Å²) in [6, 6.07) is 14.4. The van der Waals surface area contributed by atoms with Crippen molar-refractivity contribution >= 4 is 28.7 Å². The molecule has 0 radical (unpaired) electrons. The number of nitrogens with zero attached hydrogens (tertiary/aromatic N) is 3. The molecule has 4 rings (SSSR count). The van der Waals surface area contributed by atoms with Crippen molar-refractivity contribution in [3.05, 3.63) is 70.9 Å². The molecule has 33 heavy (non-hydrogen) atoms. The second kappa shape index (κ2) is 9.10. The maximum Gasteiger partial charge on any atom is 0.335 e. The molecular weight excluding hydrogens is 418 g/mol. The lowest BCUT2D eigenvalue weighted by molar-refractivity contribution is -0.155. The van der Waals surface area contributed by atoms with Crippen LogP contribution in [0.5, 0.6) is 0 Å². The first-order valence-electron chi connectivity index (χ1n) is 11.3. The molecule has 1 aliphatic rings. The zero-order valence-corrected chi connectivity index (χ0v) is 19.2. The Bertz CT molecular complexity index is 1210. The van der Waals surface area contributed by atoms with Gasteiger partial charge in [-0.05, 0) is 49.6 Å². The molecule has 0 aliphatic carbocycles. The standard InChI is InChI=1S/C26H29N3O4/c1-4-13-27-16-24(30)28(18(3)25(27)31)15-23-17(2)21-7-5-6-8-22(21)29(23)14-19-9-11-20(12-10-19)26(32)33/h5-12,18H,4,13-16H2,1-3H3,(H,32,33). The first kappa shape index (κ1) is 22.6. The second-order valence-corrected chi connectivity index (χ2v) is 8.63. The van der Waals surface area contributed by atoms with Crippen molar-refractivity contribution in [1.29, 1.82) is 0 Å². The van der Waals surface area contributed by atoms with Gasteiger partial charge < -0.3 is 19.5 Å². The van der Waals surface area contributed by atoms with Crippen molar-refractivity contribution in [2.75, 3.05) is 13.1 Å². The fourth-order valence-electron chi connectivity index (χ4n) is 4.64. The van der Waals surface area contributed by atoms with Crippen molar-refractivity contribution in [2.24, 2.45) is 0 Å². The smallest absolute Gasteiger partial charge is 0.335 e. The normalized spacial score (nSPS) is 16.6. The van der Waals surface area contributed by atoms with Gasteiger partial charge in [0.15, 0.2) is 0 Å². The molecule has 1 unspecified atom stereocenters. The van der Waals surface area contributed by atoms with Crippen LogP contribution in [0.1, 0.15) is 47.4 Å². The number of para-hydroxylation sites is 1. The van der Waals surface area contributed by atoms with Gasteiger partial charge in [-0.15, -0.1) is 0 Å². The van der Waals surface area contributed by atoms with Gasteiger partial charge in [0.25, 0.3) is 0 Å². The zero-order chi connectivity index (χ0) is 23.7. The van der Waals surface area contributed by atoms with Gasteiger partial charge in [-0.3, -0.25) is 9.59 Å². The molecule has 1 aliphatic heterocycles. The van der Waals surface area contributed by atoms with Crippen molar-refractivity contribution in [3.8, 4) is 0 Å². The molecule has 1 saturated heterocycles. The highest BCUT2D eigenvalue weighted by Crippen LogP contribution is 2.29. The van der Waals surface area contributed by atoms with Gasteiger partial charge in [0.1, 0.15) is 6.04 Å². The first-order valence-corrected chi connectivity index (χ1v) is 11.3. The molecule has 0 bridgehead atoms. The van der Waals surface area contributed by atoms with Crippen LogP contribution in [0.2, 0.25) is 0 Å². The number of piperazine rings is 1. The van der Waals surface area contributed by atoms with Crippen LogP contribution in [0.4, 0.5) is 0 Å². The van der Waals surface area contributed by atoms with E-state index in [-0.39, 0.29) is 23.9 Å². The number of amides is 2. The largest absolute Gasteiger partial charge is 0.478 e. The number of carbonyl (C=O) groups excluding carboxylic acids is 2. The van der Waals surface area contributed by atoms with Crippen LogP contribution in [0.15, 0.2) is 48.5 Å². The van der Waals surface area contributed by atoms with E-state index in [1.54, 1.807) is 28.9 Å². The van der Waals surface area contributed by atoms with E-state index in [1.165, 1.54) is 0 Å². The molecule has 3 aromatic rings. The summed E-state index contributed by atoms with van der Waals surface area (Å²) in [4.78, 5) is 40.4. The van der Waals surface area contributed by atoms with E-state index in [0.29, 0.717) is 19.6 Å². The quantitative estimate of drug-likeness (QED) is 0.599. The van der Waals surface area contributed by atoms with Crippen LogP contribution in [0, 0.1) is 6.92 Å². The van der Waals surface area contributed by atoms with Gasteiger partial charge in [0.2, 0.25) is 11.8 Å². The molecule has 2 heterocycles. The summed E-state index contributed by atoms with van der Waals surface area (Å²) in [5.41, 5.74) is 4.32. The summed E-state index contributed by atoms with van der Waals surface area (Å²) in [7, 11) is 0. The lowest BCUT2D eigenvalue weighted by Crippen LogP contribution is -2.58. The highest BCUT2D eigenvalue weighted by atomic mass is 16.4. The van der Waals surface area contributed by atoms with Crippen LogP contribution in [0.25, 0.3) is 10.9 Å². The third kappa shape index (κ3) is 4.23. The number of fused-ring (bicyclic) bond motifs is 1. The van der Waals surface area contributed by atoms with Crippen LogP contribution in [-0.4, -0.2) is 56.4 Å². The summed E-state index contributed by atoms with van der Waals surface area (Å²) in [5.74, 6) is -1.01. The lowest BCUT2D eigenvalue weighted by Gasteiger charge is -2.39. The highest BCUT2D eigenvalue weighted by Gasteiger charge is 2.36. The number of rotatable bonds is 7. The van der Waals surface area contributed by atoms with Crippen molar-refractivity contribution in [3.63, 3.8) is 0 Å². The molecule has 1 fully saturated rings. The molecular formula is C26H29N3O4. The van der Waals surface area contributed by atoms with E-state index < -0.39 is 12.0 Å². The van der Waals surface area contributed by atoms with Crippen molar-refractivity contribution in [1.82, 2.24) is 14.4 Å². The van der Waals surface area contributed by atoms with Crippen LogP contribution in [0.3, 0.4) is 0 Å². The maximum atomic E-state index is 13.0. The molecule has 0 saturated carbocycles. The second-order valence-electron chi connectivity index (χ2n) is 8.63. The number of hydrogen-bond acceptors (Lipinski definition) is 3. The number of hydrogen-bond donors (Lipinski definition) is 1. The Morgan fingerprint density at radius 2 is 1.76 bits per heavy atom. The minimum Gasteiger partial charge on any atom is -0.478 e. The number of carboxylic acid groups (broad SMARTS) is 1. The van der Waals surface area contributed by atoms with Crippen LogP contribution >= 0.6 is 0 Å². The monoisotopic (exact) mass is 447 g/mol. The molecule has 172 valence electrons. The number of aromatic carboxylic acids is 1. The van der Waals surface area contributed by atoms with Gasteiger partial charge in [-0.1, -0.05) is 37.3 Å². The van der Waals surface area contributed by atoms with E-state index in [2.05, 4.69) is 10.6 Å². The van der Waals surface area contributed by atoms with E-state index >= 15 is 0 Å². The van der Waals surface area contributed by atoms with Gasteiger partial charge in [0.05, 0.1) is 18.7 Å². The summed E-state index contributed by atoms with van der Waals surface area (Å²) >= 11 is 0. The van der Waals surface area contributed by atoms with Gasteiger partial charge in [-0.25, -0.2) is 4.79 Å². The molecule has 2 aromatic carbocycles.